The van der Waals surface area contributed by atoms with E-state index in [0.29, 0.717) is 6.54 Å². The molecule has 8 heteroatoms. The number of benzene rings is 1. The highest BCUT2D eigenvalue weighted by molar-refractivity contribution is 9.10. The standard InChI is InChI=1S/C17H17BrN4OS2/c1-4-7-22-11(2)20-21-17(22)25-10-13-9-24-16(19-13)14-8-12(18)5-6-15(14)23-3/h4-6,8-9H,1,7,10H2,2-3H3. The van der Waals surface area contributed by atoms with Crippen LogP contribution in [0.25, 0.3) is 10.6 Å². The third-order valence-corrected chi connectivity index (χ3v) is 5.92. The van der Waals surface area contributed by atoms with Crippen molar-refractivity contribution in [1.29, 1.82) is 0 Å². The number of hydrogen-bond acceptors (Lipinski definition) is 6. The molecule has 0 aliphatic heterocycles. The fraction of sp³-hybridized carbons (Fsp3) is 0.235. The topological polar surface area (TPSA) is 52.8 Å². The molecule has 3 rings (SSSR count). The molecule has 1 aromatic carbocycles. The summed E-state index contributed by atoms with van der Waals surface area (Å²) in [6.45, 7) is 6.44. The van der Waals surface area contributed by atoms with Gasteiger partial charge in [-0.3, -0.25) is 0 Å². The van der Waals surface area contributed by atoms with Crippen molar-refractivity contribution in [2.75, 3.05) is 7.11 Å². The predicted molar refractivity (Wildman–Crippen MR) is 106 cm³/mol. The molecule has 0 fully saturated rings. The van der Waals surface area contributed by atoms with Gasteiger partial charge >= 0.3 is 0 Å². The Hall–Kier alpha value is -1.64. The first-order valence-electron chi connectivity index (χ1n) is 7.54. The normalized spacial score (nSPS) is 10.8. The van der Waals surface area contributed by atoms with Gasteiger partial charge in [0.25, 0.3) is 0 Å². The first kappa shape index (κ1) is 18.2. The van der Waals surface area contributed by atoms with Gasteiger partial charge in [-0.25, -0.2) is 4.98 Å². The quantitative estimate of drug-likeness (QED) is 0.386. The molecule has 2 heterocycles. The molecule has 130 valence electrons. The Morgan fingerprint density at radius 3 is 3.00 bits per heavy atom. The Kier molecular flexibility index (Phi) is 5.93. The van der Waals surface area contributed by atoms with Gasteiger partial charge in [-0.1, -0.05) is 33.8 Å². The number of hydrogen-bond donors (Lipinski definition) is 0. The molecule has 5 nitrogen and oxygen atoms in total. The number of thiazole rings is 1. The fourth-order valence-corrected chi connectivity index (χ4v) is 4.48. The maximum absolute atomic E-state index is 5.45. The molecular weight excluding hydrogens is 420 g/mol. The van der Waals surface area contributed by atoms with Crippen molar-refractivity contribution < 1.29 is 4.74 Å². The number of halogens is 1. The molecule has 0 amide bonds. The highest BCUT2D eigenvalue weighted by atomic mass is 79.9. The zero-order valence-corrected chi connectivity index (χ0v) is 17.1. The maximum Gasteiger partial charge on any atom is 0.191 e. The van der Waals surface area contributed by atoms with Crippen molar-refractivity contribution in [1.82, 2.24) is 19.7 Å². The Bertz CT molecular complexity index is 891. The maximum atomic E-state index is 5.45. The van der Waals surface area contributed by atoms with E-state index in [9.17, 15) is 0 Å². The molecule has 0 atom stereocenters. The van der Waals surface area contributed by atoms with E-state index >= 15 is 0 Å². The van der Waals surface area contributed by atoms with Gasteiger partial charge in [0, 0.05) is 22.2 Å². The molecule has 0 radical (unpaired) electrons. The van der Waals surface area contributed by atoms with Gasteiger partial charge in [0.1, 0.15) is 16.6 Å². The van der Waals surface area contributed by atoms with Crippen molar-refractivity contribution in [3.63, 3.8) is 0 Å². The summed E-state index contributed by atoms with van der Waals surface area (Å²) in [4.78, 5) is 4.75. The number of ether oxygens (including phenoxy) is 1. The van der Waals surface area contributed by atoms with E-state index in [1.165, 1.54) is 0 Å². The summed E-state index contributed by atoms with van der Waals surface area (Å²) >= 11 is 6.75. The second-order valence-electron chi connectivity index (χ2n) is 5.21. The molecule has 25 heavy (non-hydrogen) atoms. The molecule has 2 aromatic heterocycles. The van der Waals surface area contributed by atoms with Gasteiger partial charge in [-0.2, -0.15) is 0 Å². The van der Waals surface area contributed by atoms with Crippen LogP contribution in [0.4, 0.5) is 0 Å². The Balaban J connectivity index is 1.77. The van der Waals surface area contributed by atoms with E-state index in [-0.39, 0.29) is 0 Å². The number of aromatic nitrogens is 4. The summed E-state index contributed by atoms with van der Waals surface area (Å²) < 4.78 is 8.49. The zero-order valence-electron chi connectivity index (χ0n) is 13.9. The molecule has 0 saturated heterocycles. The lowest BCUT2D eigenvalue weighted by Crippen LogP contribution is -2.00. The summed E-state index contributed by atoms with van der Waals surface area (Å²) in [6.07, 6.45) is 1.85. The summed E-state index contributed by atoms with van der Waals surface area (Å²) in [6, 6.07) is 5.93. The highest BCUT2D eigenvalue weighted by Crippen LogP contribution is 2.35. The first-order chi connectivity index (χ1) is 12.1. The van der Waals surface area contributed by atoms with Crippen LogP contribution in [0.1, 0.15) is 11.5 Å². The molecule has 3 aromatic rings. The molecule has 0 unspecified atom stereocenters. The average molecular weight is 437 g/mol. The first-order valence-corrected chi connectivity index (χ1v) is 10.2. The summed E-state index contributed by atoms with van der Waals surface area (Å²) in [5, 5.41) is 12.3. The third-order valence-electron chi connectivity index (χ3n) is 3.51. The SMILES string of the molecule is C=CCn1c(C)nnc1SCc1csc(-c2cc(Br)ccc2OC)n1. The van der Waals surface area contributed by atoms with Gasteiger partial charge in [0.2, 0.25) is 0 Å². The lowest BCUT2D eigenvalue weighted by molar-refractivity contribution is 0.416. The van der Waals surface area contributed by atoms with Crippen molar-refractivity contribution in [2.24, 2.45) is 0 Å². The van der Waals surface area contributed by atoms with Crippen LogP contribution in [0.15, 0.2) is 45.9 Å². The molecule has 0 aliphatic carbocycles. The predicted octanol–water partition coefficient (Wildman–Crippen LogP) is 4.96. The van der Waals surface area contributed by atoms with Crippen LogP contribution in [0.2, 0.25) is 0 Å². The van der Waals surface area contributed by atoms with Crippen LogP contribution in [-0.4, -0.2) is 26.9 Å². The molecule has 0 saturated carbocycles. The van der Waals surface area contributed by atoms with Gasteiger partial charge < -0.3 is 9.30 Å². The smallest absolute Gasteiger partial charge is 0.191 e. The largest absolute Gasteiger partial charge is 0.496 e. The number of aryl methyl sites for hydroxylation is 1. The summed E-state index contributed by atoms with van der Waals surface area (Å²) in [7, 11) is 1.67. The summed E-state index contributed by atoms with van der Waals surface area (Å²) in [5.41, 5.74) is 2.00. The van der Waals surface area contributed by atoms with Gasteiger partial charge in [0.05, 0.1) is 18.4 Å². The van der Waals surface area contributed by atoms with E-state index in [4.69, 9.17) is 9.72 Å². The van der Waals surface area contributed by atoms with E-state index in [1.807, 2.05) is 35.8 Å². The minimum absolute atomic E-state index is 0.707. The van der Waals surface area contributed by atoms with E-state index < -0.39 is 0 Å². The third kappa shape index (κ3) is 4.13. The second-order valence-corrected chi connectivity index (χ2v) is 7.92. The van der Waals surface area contributed by atoms with Gasteiger partial charge in [-0.05, 0) is 25.1 Å². The Morgan fingerprint density at radius 1 is 1.40 bits per heavy atom. The van der Waals surface area contributed by atoms with Crippen LogP contribution in [0.3, 0.4) is 0 Å². The highest BCUT2D eigenvalue weighted by Gasteiger charge is 2.13. The number of rotatable bonds is 7. The lowest BCUT2D eigenvalue weighted by Gasteiger charge is -2.06. The van der Waals surface area contributed by atoms with Crippen LogP contribution in [0.5, 0.6) is 5.75 Å². The van der Waals surface area contributed by atoms with Crippen LogP contribution >= 0.6 is 39.0 Å². The van der Waals surface area contributed by atoms with Crippen LogP contribution in [0, 0.1) is 6.92 Å². The number of methoxy groups -OCH3 is 1. The fourth-order valence-electron chi connectivity index (χ4n) is 2.29. The molecule has 0 spiro atoms. The van der Waals surface area contributed by atoms with Crippen molar-refractivity contribution in [3.05, 3.63) is 52.2 Å². The van der Waals surface area contributed by atoms with Gasteiger partial charge in [-0.15, -0.1) is 28.1 Å². The van der Waals surface area contributed by atoms with Crippen molar-refractivity contribution >= 4 is 39.0 Å². The number of allylic oxidation sites excluding steroid dienone is 1. The van der Waals surface area contributed by atoms with E-state index in [0.717, 1.165) is 43.2 Å². The second kappa shape index (κ2) is 8.16. The molecule has 0 N–H and O–H groups in total. The minimum atomic E-state index is 0.707. The number of thioether (sulfide) groups is 1. The van der Waals surface area contributed by atoms with E-state index in [2.05, 4.69) is 38.1 Å². The van der Waals surface area contributed by atoms with E-state index in [1.54, 1.807) is 30.2 Å². The summed E-state index contributed by atoms with van der Waals surface area (Å²) in [5.74, 6) is 2.44. The van der Waals surface area contributed by atoms with Crippen molar-refractivity contribution in [2.45, 2.75) is 24.4 Å². The monoisotopic (exact) mass is 436 g/mol. The minimum Gasteiger partial charge on any atom is -0.496 e. The number of nitrogens with zero attached hydrogens (tertiary/aromatic N) is 4. The Labute approximate surface area is 163 Å². The van der Waals surface area contributed by atoms with Crippen LogP contribution < -0.4 is 4.74 Å². The van der Waals surface area contributed by atoms with Crippen molar-refractivity contribution in [3.8, 4) is 16.3 Å². The van der Waals surface area contributed by atoms with Gasteiger partial charge in [0.15, 0.2) is 5.16 Å². The molecular formula is C17H17BrN4OS2. The molecule has 0 bridgehead atoms. The van der Waals surface area contributed by atoms with Crippen LogP contribution in [-0.2, 0) is 12.3 Å². The molecule has 0 aliphatic rings. The zero-order chi connectivity index (χ0) is 17.8. The Morgan fingerprint density at radius 2 is 2.24 bits per heavy atom. The lowest BCUT2D eigenvalue weighted by atomic mass is 10.2. The average Bonchev–Trinajstić information content (AvgIpc) is 3.21.